The average Bonchev–Trinajstić information content (AvgIpc) is 2.11. The van der Waals surface area contributed by atoms with Gasteiger partial charge < -0.3 is 10.4 Å². The normalized spacial score (nSPS) is 11.8. The van der Waals surface area contributed by atoms with E-state index in [2.05, 4.69) is 5.32 Å². The summed E-state index contributed by atoms with van der Waals surface area (Å²) in [5.41, 5.74) is 0. The molecule has 0 atom stereocenters. The number of amides is 1. The molecular formula is C6H11NO4S2. The van der Waals surface area contributed by atoms with Crippen LogP contribution in [0.15, 0.2) is 11.5 Å². The Labute approximate surface area is 80.5 Å². The predicted octanol–water partition coefficient (Wildman–Crippen LogP) is -0.699. The van der Waals surface area contributed by atoms with Gasteiger partial charge in [-0.15, -0.1) is 0 Å². The van der Waals surface area contributed by atoms with Gasteiger partial charge in [-0.1, -0.05) is 0 Å². The number of rotatable bonds is 5. The number of carbonyl (C=O) groups is 1. The number of carbonyl (C=O) groups excluding carboxylic acids is 1. The lowest BCUT2D eigenvalue weighted by atomic mass is 10.5. The maximum Gasteiger partial charge on any atom is 0.244 e. The SMILES string of the molecule is CSS(=O)(=O)/C=C\C(=O)NCCO. The quantitative estimate of drug-likeness (QED) is 0.477. The van der Waals surface area contributed by atoms with Crippen LogP contribution in [0.5, 0.6) is 0 Å². The molecule has 76 valence electrons. The minimum absolute atomic E-state index is 0.114. The fourth-order valence-electron chi connectivity index (χ4n) is 0.439. The van der Waals surface area contributed by atoms with Gasteiger partial charge in [-0.3, -0.25) is 4.79 Å². The van der Waals surface area contributed by atoms with E-state index >= 15 is 0 Å². The molecule has 0 aromatic carbocycles. The van der Waals surface area contributed by atoms with Crippen LogP contribution >= 0.6 is 10.8 Å². The molecule has 0 spiro atoms. The van der Waals surface area contributed by atoms with Gasteiger partial charge in [0.2, 0.25) is 14.8 Å². The summed E-state index contributed by atoms with van der Waals surface area (Å²) in [6.45, 7) is -0.0582. The third-order valence-electron chi connectivity index (χ3n) is 1.03. The van der Waals surface area contributed by atoms with E-state index in [-0.39, 0.29) is 13.2 Å². The van der Waals surface area contributed by atoms with E-state index in [0.717, 1.165) is 11.5 Å². The van der Waals surface area contributed by atoms with Crippen molar-refractivity contribution in [3.05, 3.63) is 11.5 Å². The molecular weight excluding hydrogens is 214 g/mol. The summed E-state index contributed by atoms with van der Waals surface area (Å²) in [5.74, 6) is -0.535. The molecule has 2 N–H and O–H groups in total. The van der Waals surface area contributed by atoms with E-state index in [9.17, 15) is 13.2 Å². The number of hydrogen-bond acceptors (Lipinski definition) is 5. The van der Waals surface area contributed by atoms with Crippen LogP contribution in [0, 0.1) is 0 Å². The summed E-state index contributed by atoms with van der Waals surface area (Å²) >= 11 is 0. The molecule has 0 bridgehead atoms. The van der Waals surface area contributed by atoms with Crippen molar-refractivity contribution in [3.8, 4) is 0 Å². The zero-order chi connectivity index (χ0) is 10.3. The summed E-state index contributed by atoms with van der Waals surface area (Å²) < 4.78 is 21.6. The molecule has 0 fully saturated rings. The highest BCUT2D eigenvalue weighted by atomic mass is 33.1. The van der Waals surface area contributed by atoms with Crippen LogP contribution < -0.4 is 5.32 Å². The lowest BCUT2D eigenvalue weighted by Crippen LogP contribution is -2.24. The minimum atomic E-state index is -3.33. The van der Waals surface area contributed by atoms with Crippen LogP contribution in [-0.4, -0.2) is 38.8 Å². The maximum atomic E-state index is 10.8. The first-order valence-corrected chi connectivity index (χ1v) is 6.68. The van der Waals surface area contributed by atoms with E-state index in [1.54, 1.807) is 0 Å². The second-order valence-corrected chi connectivity index (χ2v) is 5.96. The first-order valence-electron chi connectivity index (χ1n) is 3.39. The van der Waals surface area contributed by atoms with Gasteiger partial charge in [0.15, 0.2) is 0 Å². The molecule has 0 aliphatic heterocycles. The standard InChI is InChI=1S/C6H11NO4S2/c1-12-13(10,11)5-2-6(9)7-3-4-8/h2,5,8H,3-4H2,1H3,(H,7,9)/b5-2-. The van der Waals surface area contributed by atoms with Crippen molar-refractivity contribution >= 4 is 25.6 Å². The molecule has 0 aliphatic carbocycles. The Kier molecular flexibility index (Phi) is 5.76. The second kappa shape index (κ2) is 6.01. The molecule has 0 radical (unpaired) electrons. The highest BCUT2D eigenvalue weighted by molar-refractivity contribution is 8.72. The Morgan fingerprint density at radius 3 is 2.69 bits per heavy atom. The van der Waals surface area contributed by atoms with E-state index in [0.29, 0.717) is 10.8 Å². The maximum absolute atomic E-state index is 10.8. The summed E-state index contributed by atoms with van der Waals surface area (Å²) in [6, 6.07) is 0. The molecule has 0 aromatic rings. The van der Waals surface area contributed by atoms with Gasteiger partial charge in [-0.2, -0.15) is 0 Å². The highest BCUT2D eigenvalue weighted by Gasteiger charge is 2.02. The average molecular weight is 225 g/mol. The van der Waals surface area contributed by atoms with Crippen LogP contribution in [0.4, 0.5) is 0 Å². The fourth-order valence-corrected chi connectivity index (χ4v) is 1.34. The largest absolute Gasteiger partial charge is 0.395 e. The summed E-state index contributed by atoms with van der Waals surface area (Å²) in [6.07, 6.45) is 2.33. The van der Waals surface area contributed by atoms with E-state index in [1.807, 2.05) is 0 Å². The Bertz CT molecular complexity index is 283. The van der Waals surface area contributed by atoms with Gasteiger partial charge in [-0.05, 0) is 17.0 Å². The minimum Gasteiger partial charge on any atom is -0.395 e. The lowest BCUT2D eigenvalue weighted by molar-refractivity contribution is -0.116. The van der Waals surface area contributed by atoms with Gasteiger partial charge in [-0.25, -0.2) is 8.42 Å². The zero-order valence-corrected chi connectivity index (χ0v) is 8.69. The summed E-state index contributed by atoms with van der Waals surface area (Å²) in [4.78, 5) is 10.8. The molecule has 7 heteroatoms. The monoisotopic (exact) mass is 225 g/mol. The third-order valence-corrected chi connectivity index (χ3v) is 3.69. The van der Waals surface area contributed by atoms with Crippen molar-refractivity contribution in [2.24, 2.45) is 0 Å². The van der Waals surface area contributed by atoms with Crippen LogP contribution in [0.25, 0.3) is 0 Å². The Morgan fingerprint density at radius 2 is 2.23 bits per heavy atom. The third kappa shape index (κ3) is 6.62. The van der Waals surface area contributed by atoms with Gasteiger partial charge >= 0.3 is 0 Å². The molecule has 0 saturated carbocycles. The fraction of sp³-hybridized carbons (Fsp3) is 0.500. The highest BCUT2D eigenvalue weighted by Crippen LogP contribution is 2.08. The molecule has 0 rings (SSSR count). The number of aliphatic hydroxyl groups is 1. The van der Waals surface area contributed by atoms with Crippen molar-refractivity contribution in [2.75, 3.05) is 19.4 Å². The van der Waals surface area contributed by atoms with Crippen LogP contribution in [-0.2, 0) is 13.7 Å². The topological polar surface area (TPSA) is 83.5 Å². The van der Waals surface area contributed by atoms with Crippen molar-refractivity contribution in [1.82, 2.24) is 5.32 Å². The summed E-state index contributed by atoms with van der Waals surface area (Å²) in [5, 5.41) is 11.4. The van der Waals surface area contributed by atoms with Crippen LogP contribution in [0.1, 0.15) is 0 Å². The number of hydrogen-bond donors (Lipinski definition) is 2. The second-order valence-electron chi connectivity index (χ2n) is 1.98. The predicted molar refractivity (Wildman–Crippen MR) is 51.7 cm³/mol. The molecule has 0 saturated heterocycles. The smallest absolute Gasteiger partial charge is 0.244 e. The van der Waals surface area contributed by atoms with Gasteiger partial charge in [0.1, 0.15) is 0 Å². The van der Waals surface area contributed by atoms with Crippen LogP contribution in [0.2, 0.25) is 0 Å². The Morgan fingerprint density at radius 1 is 1.62 bits per heavy atom. The Hall–Kier alpha value is -0.530. The van der Waals surface area contributed by atoms with E-state index in [1.165, 1.54) is 6.26 Å². The molecule has 0 heterocycles. The molecule has 0 aromatic heterocycles. The molecule has 0 aliphatic rings. The van der Waals surface area contributed by atoms with E-state index in [4.69, 9.17) is 5.11 Å². The molecule has 0 unspecified atom stereocenters. The molecule has 13 heavy (non-hydrogen) atoms. The first kappa shape index (κ1) is 12.5. The van der Waals surface area contributed by atoms with Crippen molar-refractivity contribution in [3.63, 3.8) is 0 Å². The summed E-state index contributed by atoms with van der Waals surface area (Å²) in [7, 11) is -2.68. The van der Waals surface area contributed by atoms with Gasteiger partial charge in [0.05, 0.1) is 6.61 Å². The molecule has 5 nitrogen and oxygen atoms in total. The van der Waals surface area contributed by atoms with E-state index < -0.39 is 14.8 Å². The van der Waals surface area contributed by atoms with Gasteiger partial charge in [0, 0.05) is 18.0 Å². The van der Waals surface area contributed by atoms with Crippen LogP contribution in [0.3, 0.4) is 0 Å². The van der Waals surface area contributed by atoms with Gasteiger partial charge in [0.25, 0.3) is 0 Å². The lowest BCUT2D eigenvalue weighted by Gasteiger charge is -1.96. The first-order chi connectivity index (χ1) is 6.02. The van der Waals surface area contributed by atoms with Crippen molar-refractivity contribution in [1.29, 1.82) is 0 Å². The molecule has 1 amide bonds. The number of aliphatic hydroxyl groups excluding tert-OH is 1. The van der Waals surface area contributed by atoms with Crippen molar-refractivity contribution < 1.29 is 18.3 Å². The van der Waals surface area contributed by atoms with Crippen molar-refractivity contribution in [2.45, 2.75) is 0 Å². The Balaban J connectivity index is 4.05. The number of nitrogens with one attached hydrogen (secondary N) is 1. The zero-order valence-electron chi connectivity index (χ0n) is 7.06.